The second kappa shape index (κ2) is 7.42. The van der Waals surface area contributed by atoms with Crippen molar-refractivity contribution in [2.45, 2.75) is 38.6 Å². The van der Waals surface area contributed by atoms with Crippen LogP contribution in [-0.2, 0) is 0 Å². The van der Waals surface area contributed by atoms with Gasteiger partial charge in [0.2, 0.25) is 0 Å². The van der Waals surface area contributed by atoms with Crippen LogP contribution < -0.4 is 5.32 Å². The summed E-state index contributed by atoms with van der Waals surface area (Å²) in [6, 6.07) is 10.8. The van der Waals surface area contributed by atoms with Crippen molar-refractivity contribution in [3.63, 3.8) is 0 Å². The first-order valence-corrected chi connectivity index (χ1v) is 6.17. The Kier molecular flexibility index (Phi) is 6.12. The van der Waals surface area contributed by atoms with Crippen LogP contribution in [0.3, 0.4) is 0 Å². The minimum absolute atomic E-state index is 0.183. The molecule has 2 nitrogen and oxygen atoms in total. The molecule has 0 saturated heterocycles. The van der Waals surface area contributed by atoms with Crippen molar-refractivity contribution in [1.82, 2.24) is 5.32 Å². The molecule has 0 aliphatic carbocycles. The Morgan fingerprint density at radius 1 is 1.25 bits per heavy atom. The first-order chi connectivity index (χ1) is 7.77. The van der Waals surface area contributed by atoms with Crippen LogP contribution in [0.25, 0.3) is 0 Å². The molecular formula is C14H23NO. The lowest BCUT2D eigenvalue weighted by atomic mass is 9.94. The molecule has 1 rings (SSSR count). The standard InChI is InChI=1S/C14H23NO/c1-3-7-14(10-15-12(2)11-16)13-8-5-4-6-9-13/h4-6,8-9,12,14-16H,3,7,10-11H2,1-2H3/t12-,14?/m0/s1. The molecule has 0 spiro atoms. The molecule has 1 aromatic carbocycles. The van der Waals surface area contributed by atoms with Crippen LogP contribution in [0, 0.1) is 0 Å². The van der Waals surface area contributed by atoms with Crippen LogP contribution >= 0.6 is 0 Å². The normalized spacial score (nSPS) is 14.7. The molecule has 1 unspecified atom stereocenters. The highest BCUT2D eigenvalue weighted by atomic mass is 16.3. The van der Waals surface area contributed by atoms with Crippen LogP contribution in [-0.4, -0.2) is 24.3 Å². The number of nitrogens with one attached hydrogen (secondary N) is 1. The van der Waals surface area contributed by atoms with Crippen molar-refractivity contribution >= 4 is 0 Å². The number of aliphatic hydroxyl groups excluding tert-OH is 1. The zero-order valence-electron chi connectivity index (χ0n) is 10.3. The molecule has 2 heteroatoms. The highest BCUT2D eigenvalue weighted by Crippen LogP contribution is 2.20. The second-order valence-electron chi connectivity index (χ2n) is 4.39. The third kappa shape index (κ3) is 4.33. The summed E-state index contributed by atoms with van der Waals surface area (Å²) in [7, 11) is 0. The van der Waals surface area contributed by atoms with Crippen molar-refractivity contribution in [1.29, 1.82) is 0 Å². The Morgan fingerprint density at radius 3 is 2.50 bits per heavy atom. The number of hydrogen-bond donors (Lipinski definition) is 2. The highest BCUT2D eigenvalue weighted by Gasteiger charge is 2.11. The summed E-state index contributed by atoms with van der Waals surface area (Å²) in [5.74, 6) is 0.556. The Labute approximate surface area is 98.7 Å². The topological polar surface area (TPSA) is 32.3 Å². The zero-order chi connectivity index (χ0) is 11.8. The van der Waals surface area contributed by atoms with Crippen LogP contribution in [0.1, 0.15) is 38.2 Å². The SMILES string of the molecule is CCCC(CN[C@@H](C)CO)c1ccccc1. The molecule has 2 atom stereocenters. The maximum atomic E-state index is 8.99. The third-order valence-electron chi connectivity index (χ3n) is 2.89. The monoisotopic (exact) mass is 221 g/mol. The van der Waals surface area contributed by atoms with Gasteiger partial charge in [-0.15, -0.1) is 0 Å². The summed E-state index contributed by atoms with van der Waals surface area (Å²) in [4.78, 5) is 0. The summed E-state index contributed by atoms with van der Waals surface area (Å²) < 4.78 is 0. The van der Waals surface area contributed by atoms with E-state index in [0.717, 1.165) is 6.54 Å². The molecule has 0 aliphatic rings. The van der Waals surface area contributed by atoms with Gasteiger partial charge in [-0.25, -0.2) is 0 Å². The summed E-state index contributed by atoms with van der Waals surface area (Å²) in [6.07, 6.45) is 2.38. The van der Waals surface area contributed by atoms with E-state index in [-0.39, 0.29) is 12.6 Å². The molecular weight excluding hydrogens is 198 g/mol. The van der Waals surface area contributed by atoms with E-state index in [0.29, 0.717) is 5.92 Å². The lowest BCUT2D eigenvalue weighted by molar-refractivity contribution is 0.249. The van der Waals surface area contributed by atoms with Gasteiger partial charge in [0.15, 0.2) is 0 Å². The molecule has 0 aliphatic heterocycles. The molecule has 1 aromatic rings. The van der Waals surface area contributed by atoms with E-state index in [1.54, 1.807) is 0 Å². The quantitative estimate of drug-likeness (QED) is 0.741. The van der Waals surface area contributed by atoms with E-state index in [2.05, 4.69) is 42.6 Å². The molecule has 0 bridgehead atoms. The Hall–Kier alpha value is -0.860. The molecule has 90 valence electrons. The first-order valence-electron chi connectivity index (χ1n) is 6.17. The number of hydrogen-bond acceptors (Lipinski definition) is 2. The molecule has 0 aromatic heterocycles. The second-order valence-corrected chi connectivity index (χ2v) is 4.39. The van der Waals surface area contributed by atoms with E-state index >= 15 is 0 Å². The van der Waals surface area contributed by atoms with Crippen molar-refractivity contribution in [2.75, 3.05) is 13.2 Å². The Balaban J connectivity index is 2.54. The first kappa shape index (κ1) is 13.2. The van der Waals surface area contributed by atoms with Crippen molar-refractivity contribution in [3.8, 4) is 0 Å². The van der Waals surface area contributed by atoms with Gasteiger partial charge in [-0.1, -0.05) is 43.7 Å². The molecule has 0 radical (unpaired) electrons. The van der Waals surface area contributed by atoms with Gasteiger partial charge in [0.25, 0.3) is 0 Å². The summed E-state index contributed by atoms with van der Waals surface area (Å²) in [5, 5.41) is 12.4. The van der Waals surface area contributed by atoms with Crippen LogP contribution in [0.4, 0.5) is 0 Å². The van der Waals surface area contributed by atoms with Crippen molar-refractivity contribution in [2.24, 2.45) is 0 Å². The maximum absolute atomic E-state index is 8.99. The zero-order valence-corrected chi connectivity index (χ0v) is 10.3. The van der Waals surface area contributed by atoms with Gasteiger partial charge in [-0.2, -0.15) is 0 Å². The van der Waals surface area contributed by atoms with Crippen LogP contribution in [0.2, 0.25) is 0 Å². The van der Waals surface area contributed by atoms with E-state index in [9.17, 15) is 0 Å². The average molecular weight is 221 g/mol. The van der Waals surface area contributed by atoms with Crippen molar-refractivity contribution < 1.29 is 5.11 Å². The van der Waals surface area contributed by atoms with Gasteiger partial charge in [0.05, 0.1) is 6.61 Å². The lowest BCUT2D eigenvalue weighted by Gasteiger charge is -2.19. The molecule has 0 amide bonds. The fraction of sp³-hybridized carbons (Fsp3) is 0.571. The fourth-order valence-electron chi connectivity index (χ4n) is 1.87. The van der Waals surface area contributed by atoms with E-state index in [1.807, 2.05) is 6.92 Å². The van der Waals surface area contributed by atoms with Gasteiger partial charge in [-0.05, 0) is 24.8 Å². The fourth-order valence-corrected chi connectivity index (χ4v) is 1.87. The van der Waals surface area contributed by atoms with Crippen molar-refractivity contribution in [3.05, 3.63) is 35.9 Å². The predicted octanol–water partition coefficient (Wildman–Crippen LogP) is 2.54. The summed E-state index contributed by atoms with van der Waals surface area (Å²) in [5.41, 5.74) is 1.39. The average Bonchev–Trinajstić information content (AvgIpc) is 2.35. The summed E-state index contributed by atoms with van der Waals surface area (Å²) >= 11 is 0. The predicted molar refractivity (Wildman–Crippen MR) is 68.6 cm³/mol. The lowest BCUT2D eigenvalue weighted by Crippen LogP contribution is -2.33. The number of rotatable bonds is 7. The Morgan fingerprint density at radius 2 is 1.94 bits per heavy atom. The smallest absolute Gasteiger partial charge is 0.0581 e. The summed E-state index contributed by atoms with van der Waals surface area (Å²) in [6.45, 7) is 5.37. The molecule has 16 heavy (non-hydrogen) atoms. The largest absolute Gasteiger partial charge is 0.395 e. The molecule has 0 saturated carbocycles. The molecule has 0 fully saturated rings. The van der Waals surface area contributed by atoms with Gasteiger partial charge < -0.3 is 10.4 Å². The van der Waals surface area contributed by atoms with E-state index in [4.69, 9.17) is 5.11 Å². The Bertz CT molecular complexity index is 273. The number of aliphatic hydroxyl groups is 1. The van der Waals surface area contributed by atoms with E-state index < -0.39 is 0 Å². The van der Waals surface area contributed by atoms with Gasteiger partial charge in [0.1, 0.15) is 0 Å². The van der Waals surface area contributed by atoms with E-state index in [1.165, 1.54) is 18.4 Å². The highest BCUT2D eigenvalue weighted by molar-refractivity contribution is 5.19. The molecule has 2 N–H and O–H groups in total. The molecule has 0 heterocycles. The minimum Gasteiger partial charge on any atom is -0.395 e. The van der Waals surface area contributed by atoms with Gasteiger partial charge >= 0.3 is 0 Å². The van der Waals surface area contributed by atoms with Crippen LogP contribution in [0.5, 0.6) is 0 Å². The maximum Gasteiger partial charge on any atom is 0.0581 e. The van der Waals surface area contributed by atoms with Gasteiger partial charge in [-0.3, -0.25) is 0 Å². The third-order valence-corrected chi connectivity index (χ3v) is 2.89. The van der Waals surface area contributed by atoms with Crippen LogP contribution in [0.15, 0.2) is 30.3 Å². The van der Waals surface area contributed by atoms with Gasteiger partial charge in [0, 0.05) is 12.6 Å². The number of benzene rings is 1. The minimum atomic E-state index is 0.183.